The quantitative estimate of drug-likeness (QED) is 0.752. The zero-order valence-electron chi connectivity index (χ0n) is 11.1. The third kappa shape index (κ3) is 3.52. The number of aryl methyl sites for hydroxylation is 1. The molecule has 0 radical (unpaired) electrons. The van der Waals surface area contributed by atoms with Gasteiger partial charge in [0.15, 0.2) is 0 Å². The Morgan fingerprint density at radius 1 is 1.28 bits per heavy atom. The van der Waals surface area contributed by atoms with Crippen molar-refractivity contribution in [3.63, 3.8) is 0 Å². The molecule has 0 amide bonds. The summed E-state index contributed by atoms with van der Waals surface area (Å²) < 4.78 is 27.1. The SMILES string of the molecule is Cc1cc(F)c(C(C)NCCCC2CC2)cc1F. The van der Waals surface area contributed by atoms with Crippen LogP contribution in [0.2, 0.25) is 0 Å². The molecular formula is C15H21F2N. The first-order valence-electron chi connectivity index (χ1n) is 6.77. The van der Waals surface area contributed by atoms with Gasteiger partial charge < -0.3 is 5.32 Å². The molecule has 100 valence electrons. The third-order valence-corrected chi connectivity index (χ3v) is 3.68. The molecule has 1 aliphatic carbocycles. The van der Waals surface area contributed by atoms with E-state index in [1.807, 2.05) is 6.92 Å². The molecule has 3 heteroatoms. The minimum Gasteiger partial charge on any atom is -0.310 e. The summed E-state index contributed by atoms with van der Waals surface area (Å²) in [5.74, 6) is 0.268. The second-order valence-corrected chi connectivity index (χ2v) is 5.38. The lowest BCUT2D eigenvalue weighted by Crippen LogP contribution is -2.21. The summed E-state index contributed by atoms with van der Waals surface area (Å²) in [5, 5.41) is 3.26. The van der Waals surface area contributed by atoms with Gasteiger partial charge in [0.05, 0.1) is 0 Å². The van der Waals surface area contributed by atoms with Gasteiger partial charge in [-0.3, -0.25) is 0 Å². The highest BCUT2D eigenvalue weighted by molar-refractivity contribution is 5.27. The maximum atomic E-state index is 13.7. The first kappa shape index (κ1) is 13.5. The minimum atomic E-state index is -0.335. The van der Waals surface area contributed by atoms with Crippen LogP contribution in [0.4, 0.5) is 8.78 Å². The Bertz CT molecular complexity index is 413. The van der Waals surface area contributed by atoms with E-state index in [-0.39, 0.29) is 17.7 Å². The second kappa shape index (κ2) is 5.79. The van der Waals surface area contributed by atoms with E-state index in [1.54, 1.807) is 6.92 Å². The molecule has 0 bridgehead atoms. The molecule has 0 saturated heterocycles. The van der Waals surface area contributed by atoms with E-state index in [9.17, 15) is 8.78 Å². The van der Waals surface area contributed by atoms with E-state index in [0.29, 0.717) is 11.1 Å². The van der Waals surface area contributed by atoms with Crippen LogP contribution in [0.5, 0.6) is 0 Å². The summed E-state index contributed by atoms with van der Waals surface area (Å²) in [6.45, 7) is 4.33. The fourth-order valence-corrected chi connectivity index (χ4v) is 2.22. The average Bonchev–Trinajstić information content (AvgIpc) is 3.13. The number of benzene rings is 1. The molecule has 0 aliphatic heterocycles. The number of rotatable bonds is 6. The molecule has 0 heterocycles. The van der Waals surface area contributed by atoms with Crippen LogP contribution in [0.3, 0.4) is 0 Å². The van der Waals surface area contributed by atoms with Gasteiger partial charge in [0.2, 0.25) is 0 Å². The van der Waals surface area contributed by atoms with Gasteiger partial charge in [-0.05, 0) is 56.8 Å². The molecule has 1 fully saturated rings. The highest BCUT2D eigenvalue weighted by Crippen LogP contribution is 2.33. The van der Waals surface area contributed by atoms with Crippen LogP contribution in [0, 0.1) is 24.5 Å². The molecule has 1 aromatic carbocycles. The Kier molecular flexibility index (Phi) is 4.33. The van der Waals surface area contributed by atoms with Crippen LogP contribution in [0.25, 0.3) is 0 Å². The van der Waals surface area contributed by atoms with Gasteiger partial charge in [0.25, 0.3) is 0 Å². The van der Waals surface area contributed by atoms with E-state index in [4.69, 9.17) is 0 Å². The molecule has 1 nitrogen and oxygen atoms in total. The van der Waals surface area contributed by atoms with Crippen molar-refractivity contribution in [1.82, 2.24) is 5.32 Å². The molecule has 1 aliphatic rings. The zero-order valence-corrected chi connectivity index (χ0v) is 11.1. The number of halogens is 2. The normalized spacial score (nSPS) is 16.9. The van der Waals surface area contributed by atoms with Gasteiger partial charge in [-0.2, -0.15) is 0 Å². The Morgan fingerprint density at radius 3 is 2.67 bits per heavy atom. The maximum absolute atomic E-state index is 13.7. The third-order valence-electron chi connectivity index (χ3n) is 3.68. The van der Waals surface area contributed by atoms with Gasteiger partial charge in [-0.1, -0.05) is 12.8 Å². The summed E-state index contributed by atoms with van der Waals surface area (Å²) >= 11 is 0. The molecule has 2 rings (SSSR count). The molecule has 1 unspecified atom stereocenters. The van der Waals surface area contributed by atoms with E-state index < -0.39 is 0 Å². The molecule has 1 atom stereocenters. The smallest absolute Gasteiger partial charge is 0.128 e. The van der Waals surface area contributed by atoms with Crippen molar-refractivity contribution >= 4 is 0 Å². The molecule has 18 heavy (non-hydrogen) atoms. The average molecular weight is 253 g/mol. The number of nitrogens with one attached hydrogen (secondary N) is 1. The van der Waals surface area contributed by atoms with Crippen molar-refractivity contribution in [3.8, 4) is 0 Å². The summed E-state index contributed by atoms with van der Waals surface area (Å²) in [6, 6.07) is 2.44. The monoisotopic (exact) mass is 253 g/mol. The first-order chi connectivity index (χ1) is 8.58. The van der Waals surface area contributed by atoms with Crippen molar-refractivity contribution in [2.24, 2.45) is 5.92 Å². The van der Waals surface area contributed by atoms with Crippen LogP contribution in [0.1, 0.15) is 49.8 Å². The molecule has 1 N–H and O–H groups in total. The summed E-state index contributed by atoms with van der Waals surface area (Å²) in [5.41, 5.74) is 0.779. The predicted octanol–water partition coefficient (Wildman–Crippen LogP) is 4.11. The van der Waals surface area contributed by atoms with Crippen LogP contribution < -0.4 is 5.32 Å². The lowest BCUT2D eigenvalue weighted by Gasteiger charge is -2.15. The predicted molar refractivity (Wildman–Crippen MR) is 69.5 cm³/mol. The Labute approximate surface area is 108 Å². The van der Waals surface area contributed by atoms with Gasteiger partial charge in [0, 0.05) is 11.6 Å². The highest BCUT2D eigenvalue weighted by atomic mass is 19.1. The van der Waals surface area contributed by atoms with Crippen molar-refractivity contribution < 1.29 is 8.78 Å². The fourth-order valence-electron chi connectivity index (χ4n) is 2.22. The standard InChI is InChI=1S/C15H21F2N/c1-10-8-15(17)13(9-14(10)16)11(2)18-7-3-4-12-5-6-12/h8-9,11-12,18H,3-7H2,1-2H3. The van der Waals surface area contributed by atoms with Crippen LogP contribution in [-0.4, -0.2) is 6.54 Å². The van der Waals surface area contributed by atoms with Crippen molar-refractivity contribution in [1.29, 1.82) is 0 Å². The summed E-state index contributed by atoms with van der Waals surface area (Å²) in [4.78, 5) is 0. The van der Waals surface area contributed by atoms with Crippen LogP contribution in [0.15, 0.2) is 12.1 Å². The van der Waals surface area contributed by atoms with E-state index >= 15 is 0 Å². The lowest BCUT2D eigenvalue weighted by molar-refractivity contribution is 0.500. The Balaban J connectivity index is 1.86. The van der Waals surface area contributed by atoms with Crippen molar-refractivity contribution in [2.75, 3.05) is 6.54 Å². The molecule has 1 saturated carbocycles. The zero-order chi connectivity index (χ0) is 13.1. The maximum Gasteiger partial charge on any atom is 0.128 e. The Morgan fingerprint density at radius 2 is 2.00 bits per heavy atom. The largest absolute Gasteiger partial charge is 0.310 e. The lowest BCUT2D eigenvalue weighted by atomic mass is 10.0. The molecule has 0 aromatic heterocycles. The highest BCUT2D eigenvalue weighted by Gasteiger charge is 2.20. The second-order valence-electron chi connectivity index (χ2n) is 5.38. The van der Waals surface area contributed by atoms with Gasteiger partial charge in [-0.15, -0.1) is 0 Å². The molecule has 1 aromatic rings. The van der Waals surface area contributed by atoms with E-state index in [0.717, 1.165) is 18.9 Å². The van der Waals surface area contributed by atoms with Gasteiger partial charge in [0.1, 0.15) is 11.6 Å². The van der Waals surface area contributed by atoms with Crippen molar-refractivity contribution in [2.45, 2.75) is 45.6 Å². The number of hydrogen-bond acceptors (Lipinski definition) is 1. The van der Waals surface area contributed by atoms with Gasteiger partial charge >= 0.3 is 0 Å². The molecule has 0 spiro atoms. The Hall–Kier alpha value is -0.960. The summed E-state index contributed by atoms with van der Waals surface area (Å²) in [6.07, 6.45) is 5.11. The van der Waals surface area contributed by atoms with Crippen molar-refractivity contribution in [3.05, 3.63) is 34.9 Å². The molecular weight excluding hydrogens is 232 g/mol. The van der Waals surface area contributed by atoms with Crippen LogP contribution in [-0.2, 0) is 0 Å². The minimum absolute atomic E-state index is 0.140. The first-order valence-corrected chi connectivity index (χ1v) is 6.77. The topological polar surface area (TPSA) is 12.0 Å². The number of hydrogen-bond donors (Lipinski definition) is 1. The van der Waals surface area contributed by atoms with E-state index in [2.05, 4.69) is 5.32 Å². The fraction of sp³-hybridized carbons (Fsp3) is 0.600. The summed E-state index contributed by atoms with van der Waals surface area (Å²) in [7, 11) is 0. The van der Waals surface area contributed by atoms with E-state index in [1.165, 1.54) is 31.4 Å². The van der Waals surface area contributed by atoms with Gasteiger partial charge in [-0.25, -0.2) is 8.78 Å². The van der Waals surface area contributed by atoms with Crippen LogP contribution >= 0.6 is 0 Å².